The van der Waals surface area contributed by atoms with Crippen molar-refractivity contribution in [1.29, 1.82) is 0 Å². The summed E-state index contributed by atoms with van der Waals surface area (Å²) in [6.45, 7) is 1.97. The number of hydrogen-bond donors (Lipinski definition) is 1. The van der Waals surface area contributed by atoms with Gasteiger partial charge in [-0.3, -0.25) is 4.72 Å². The van der Waals surface area contributed by atoms with Crippen LogP contribution in [0.1, 0.15) is 17.3 Å². The predicted molar refractivity (Wildman–Crippen MR) is 97.8 cm³/mol. The maximum absolute atomic E-state index is 12.7. The maximum atomic E-state index is 12.7. The second-order valence-corrected chi connectivity index (χ2v) is 7.26. The number of esters is 1. The second kappa shape index (κ2) is 7.27. The van der Waals surface area contributed by atoms with Crippen LogP contribution >= 0.6 is 11.6 Å². The van der Waals surface area contributed by atoms with Gasteiger partial charge in [0.2, 0.25) is 0 Å². The Morgan fingerprint density at radius 1 is 1.19 bits per heavy atom. The van der Waals surface area contributed by atoms with Crippen molar-refractivity contribution in [3.63, 3.8) is 0 Å². The molecule has 0 atom stereocenters. The van der Waals surface area contributed by atoms with Gasteiger partial charge < -0.3 is 4.74 Å². The van der Waals surface area contributed by atoms with Gasteiger partial charge in [0.05, 0.1) is 23.9 Å². The molecule has 3 rings (SSSR count). The van der Waals surface area contributed by atoms with Crippen molar-refractivity contribution in [2.75, 3.05) is 11.3 Å². The zero-order valence-electron chi connectivity index (χ0n) is 13.6. The van der Waals surface area contributed by atoms with Gasteiger partial charge in [-0.2, -0.15) is 0 Å². The number of sulfonamides is 1. The van der Waals surface area contributed by atoms with Gasteiger partial charge in [-0.25, -0.2) is 23.2 Å². The van der Waals surface area contributed by atoms with Crippen LogP contribution in [0.4, 0.5) is 5.69 Å². The molecule has 0 saturated carbocycles. The second-order valence-electron chi connectivity index (χ2n) is 5.22. The van der Waals surface area contributed by atoms with E-state index < -0.39 is 16.0 Å². The fourth-order valence-electron chi connectivity index (χ4n) is 2.31. The van der Waals surface area contributed by atoms with Crippen LogP contribution in [0.15, 0.2) is 53.6 Å². The molecule has 134 valence electrons. The number of nitrogens with one attached hydrogen (secondary N) is 1. The minimum absolute atomic E-state index is 0.0198. The minimum Gasteiger partial charge on any atom is -0.462 e. The average Bonchev–Trinajstić information content (AvgIpc) is 2.61. The first-order valence-electron chi connectivity index (χ1n) is 7.62. The van der Waals surface area contributed by atoms with Crippen molar-refractivity contribution in [3.05, 3.63) is 59.4 Å². The van der Waals surface area contributed by atoms with Gasteiger partial charge in [-0.1, -0.05) is 17.7 Å². The van der Waals surface area contributed by atoms with E-state index in [1.165, 1.54) is 36.5 Å². The Labute approximate surface area is 155 Å². The van der Waals surface area contributed by atoms with Gasteiger partial charge in [0.15, 0.2) is 0 Å². The van der Waals surface area contributed by atoms with E-state index in [2.05, 4.69) is 14.7 Å². The average molecular weight is 392 g/mol. The Bertz CT molecular complexity index is 1070. The molecule has 1 heterocycles. The van der Waals surface area contributed by atoms with E-state index in [0.717, 1.165) is 0 Å². The summed E-state index contributed by atoms with van der Waals surface area (Å²) in [6, 6.07) is 10.6. The fourth-order valence-corrected chi connectivity index (χ4v) is 3.67. The van der Waals surface area contributed by atoms with Gasteiger partial charge in [-0.05, 0) is 43.3 Å². The van der Waals surface area contributed by atoms with E-state index in [0.29, 0.717) is 16.8 Å². The van der Waals surface area contributed by atoms with Crippen molar-refractivity contribution in [2.45, 2.75) is 11.8 Å². The summed E-state index contributed by atoms with van der Waals surface area (Å²) >= 11 is 5.80. The third-order valence-corrected chi connectivity index (χ3v) is 5.04. The highest BCUT2D eigenvalue weighted by Crippen LogP contribution is 2.23. The highest BCUT2D eigenvalue weighted by atomic mass is 35.5. The first-order chi connectivity index (χ1) is 12.4. The summed E-state index contributed by atoms with van der Waals surface area (Å²) in [6.07, 6.45) is 1.29. The number of fused-ring (bicyclic) bond motifs is 1. The first-order valence-corrected chi connectivity index (χ1v) is 9.48. The minimum atomic E-state index is -3.91. The van der Waals surface area contributed by atoms with Gasteiger partial charge in [0.25, 0.3) is 10.0 Å². The molecular formula is C17H14ClN3O4S. The molecule has 0 amide bonds. The molecule has 9 heteroatoms. The van der Waals surface area contributed by atoms with Crippen molar-refractivity contribution < 1.29 is 17.9 Å². The number of benzene rings is 2. The van der Waals surface area contributed by atoms with E-state index >= 15 is 0 Å². The number of halogens is 1. The molecule has 1 N–H and O–H groups in total. The van der Waals surface area contributed by atoms with Gasteiger partial charge in [0.1, 0.15) is 15.6 Å². The summed E-state index contributed by atoms with van der Waals surface area (Å²) in [4.78, 5) is 19.8. The van der Waals surface area contributed by atoms with Crippen LogP contribution in [0, 0.1) is 0 Å². The predicted octanol–water partition coefficient (Wildman–Crippen LogP) is 3.26. The number of carbonyl (C=O) groups excluding carboxylic acids is 1. The molecule has 0 spiro atoms. The van der Waals surface area contributed by atoms with E-state index in [4.69, 9.17) is 16.3 Å². The molecule has 0 saturated heterocycles. The van der Waals surface area contributed by atoms with Crippen LogP contribution in [-0.4, -0.2) is 31.0 Å². The number of rotatable bonds is 5. The summed E-state index contributed by atoms with van der Waals surface area (Å²) in [5.41, 5.74) is 1.23. The number of aromatic nitrogens is 2. The molecule has 0 bridgehead atoms. The Kier molecular flexibility index (Phi) is 5.06. The lowest BCUT2D eigenvalue weighted by molar-refractivity contribution is 0.0526. The number of nitrogens with zero attached hydrogens (tertiary/aromatic N) is 2. The molecule has 0 aliphatic carbocycles. The van der Waals surface area contributed by atoms with E-state index in [1.807, 2.05) is 0 Å². The van der Waals surface area contributed by atoms with Crippen LogP contribution < -0.4 is 4.72 Å². The molecule has 1 aromatic heterocycles. The first kappa shape index (κ1) is 18.1. The Hall–Kier alpha value is -2.71. The zero-order chi connectivity index (χ0) is 18.7. The van der Waals surface area contributed by atoms with Crippen LogP contribution in [0.3, 0.4) is 0 Å². The van der Waals surface area contributed by atoms with Crippen molar-refractivity contribution >= 4 is 44.3 Å². The molecule has 26 heavy (non-hydrogen) atoms. The molecule has 2 aromatic carbocycles. The van der Waals surface area contributed by atoms with Crippen molar-refractivity contribution in [3.8, 4) is 0 Å². The lowest BCUT2D eigenvalue weighted by Crippen LogP contribution is -2.14. The molecule has 7 nitrogen and oxygen atoms in total. The van der Waals surface area contributed by atoms with Crippen LogP contribution in [0.2, 0.25) is 5.15 Å². The molecular weight excluding hydrogens is 378 g/mol. The Morgan fingerprint density at radius 2 is 1.92 bits per heavy atom. The van der Waals surface area contributed by atoms with Crippen LogP contribution in [0.25, 0.3) is 11.0 Å². The third kappa shape index (κ3) is 3.76. The largest absolute Gasteiger partial charge is 0.462 e. The highest BCUT2D eigenvalue weighted by Gasteiger charge is 2.19. The van der Waals surface area contributed by atoms with E-state index in [9.17, 15) is 13.2 Å². The molecule has 0 aliphatic heterocycles. The lowest BCUT2D eigenvalue weighted by Gasteiger charge is -2.10. The van der Waals surface area contributed by atoms with Gasteiger partial charge in [0, 0.05) is 5.69 Å². The molecule has 0 fully saturated rings. The van der Waals surface area contributed by atoms with Crippen LogP contribution in [0.5, 0.6) is 0 Å². The summed E-state index contributed by atoms with van der Waals surface area (Å²) < 4.78 is 32.8. The molecule has 3 aromatic rings. The Morgan fingerprint density at radius 3 is 2.62 bits per heavy atom. The summed E-state index contributed by atoms with van der Waals surface area (Å²) in [5.74, 6) is -0.469. The third-order valence-electron chi connectivity index (χ3n) is 3.44. The maximum Gasteiger partial charge on any atom is 0.338 e. The lowest BCUT2D eigenvalue weighted by atomic mass is 10.2. The van der Waals surface area contributed by atoms with Gasteiger partial charge >= 0.3 is 5.97 Å². The Balaban J connectivity index is 1.91. The van der Waals surface area contributed by atoms with E-state index in [-0.39, 0.29) is 22.2 Å². The zero-order valence-corrected chi connectivity index (χ0v) is 15.2. The summed E-state index contributed by atoms with van der Waals surface area (Å²) in [5, 5.41) is 0.176. The number of carbonyl (C=O) groups is 1. The van der Waals surface area contributed by atoms with Crippen molar-refractivity contribution in [2.24, 2.45) is 0 Å². The quantitative estimate of drug-likeness (QED) is 0.670. The standard InChI is InChI=1S/C17H14ClN3O4S/c1-2-25-17(22)11-6-8-12(9-7-11)21-26(23,24)14-5-3-4-13-16(14)19-10-15(18)20-13/h3-10,21H,2H2,1H3. The fraction of sp³-hybridized carbons (Fsp3) is 0.118. The van der Waals surface area contributed by atoms with E-state index in [1.54, 1.807) is 19.1 Å². The normalized spacial score (nSPS) is 11.3. The smallest absolute Gasteiger partial charge is 0.338 e. The van der Waals surface area contributed by atoms with Gasteiger partial charge in [-0.15, -0.1) is 0 Å². The number of ether oxygens (including phenoxy) is 1. The molecule has 0 radical (unpaired) electrons. The molecule has 0 aliphatic rings. The van der Waals surface area contributed by atoms with Crippen LogP contribution in [-0.2, 0) is 14.8 Å². The number of para-hydroxylation sites is 1. The number of hydrogen-bond acceptors (Lipinski definition) is 6. The topological polar surface area (TPSA) is 98.2 Å². The molecule has 0 unspecified atom stereocenters. The highest BCUT2D eigenvalue weighted by molar-refractivity contribution is 7.93. The number of anilines is 1. The summed E-state index contributed by atoms with van der Waals surface area (Å²) in [7, 11) is -3.91. The van der Waals surface area contributed by atoms with Crippen molar-refractivity contribution in [1.82, 2.24) is 9.97 Å². The SMILES string of the molecule is CCOC(=O)c1ccc(NS(=O)(=O)c2cccc3nc(Cl)cnc23)cc1. The monoisotopic (exact) mass is 391 g/mol.